The molecule has 11 heteroatoms. The summed E-state index contributed by atoms with van der Waals surface area (Å²) in [4.78, 5) is 23.7. The largest absolute Gasteiger partial charge is 0.477 e. The number of rotatable bonds is 8. The Morgan fingerprint density at radius 3 is 2.29 bits per heavy atom. The van der Waals surface area contributed by atoms with Crippen LogP contribution >= 0.6 is 11.3 Å². The molecule has 0 radical (unpaired) electrons. The number of carbonyl (C=O) groups is 2. The molecule has 1 amide bonds. The molecule has 0 saturated carbocycles. The first-order chi connectivity index (χ1) is 19.7. The molecule has 2 N–H and O–H groups in total. The zero-order valence-electron chi connectivity index (χ0n) is 21.7. The predicted molar refractivity (Wildman–Crippen MR) is 148 cm³/mol. The summed E-state index contributed by atoms with van der Waals surface area (Å²) in [5.74, 6) is -3.81. The van der Waals surface area contributed by atoms with Crippen molar-refractivity contribution in [1.82, 2.24) is 5.16 Å². The van der Waals surface area contributed by atoms with E-state index in [4.69, 9.17) is 14.0 Å². The second kappa shape index (κ2) is 11.6. The van der Waals surface area contributed by atoms with Crippen LogP contribution in [0.2, 0.25) is 0 Å². The van der Waals surface area contributed by atoms with Crippen LogP contribution < -0.4 is 10.1 Å². The number of hydrogen-bond donors (Lipinski definition) is 2. The topological polar surface area (TPSA) is 111 Å². The number of aryl methyl sites for hydroxylation is 1. The molecule has 208 valence electrons. The molecule has 5 rings (SSSR count). The minimum Gasteiger partial charge on any atom is -0.477 e. The SMILES string of the molecule is Cc1noc(-c2ccc(-c3cc(F)c(Oc4ccsc4C(=O)O)c(F)c3)cc2)c1NC(=O)O[C@H](C)c1ccccc1. The molecule has 3 aromatic carbocycles. The molecule has 2 aromatic heterocycles. The summed E-state index contributed by atoms with van der Waals surface area (Å²) in [5.41, 5.74) is 2.88. The fourth-order valence-electron chi connectivity index (χ4n) is 4.08. The van der Waals surface area contributed by atoms with Gasteiger partial charge in [-0.3, -0.25) is 5.32 Å². The lowest BCUT2D eigenvalue weighted by molar-refractivity contribution is 0.0699. The normalized spacial score (nSPS) is 11.6. The highest BCUT2D eigenvalue weighted by Crippen LogP contribution is 2.37. The van der Waals surface area contributed by atoms with E-state index in [9.17, 15) is 23.5 Å². The van der Waals surface area contributed by atoms with Gasteiger partial charge in [0, 0.05) is 5.56 Å². The monoisotopic (exact) mass is 576 g/mol. The molecule has 0 aliphatic carbocycles. The van der Waals surface area contributed by atoms with E-state index in [0.29, 0.717) is 22.5 Å². The highest BCUT2D eigenvalue weighted by atomic mass is 32.1. The summed E-state index contributed by atoms with van der Waals surface area (Å²) in [6.45, 7) is 3.43. The second-order valence-corrected chi connectivity index (χ2v) is 9.84. The van der Waals surface area contributed by atoms with Crippen LogP contribution in [-0.4, -0.2) is 22.3 Å². The lowest BCUT2D eigenvalue weighted by Crippen LogP contribution is -2.16. The molecular formula is C30H22F2N2O6S. The Labute approximate surface area is 236 Å². The van der Waals surface area contributed by atoms with Crippen LogP contribution in [0.4, 0.5) is 19.3 Å². The number of ether oxygens (including phenoxy) is 2. The summed E-state index contributed by atoms with van der Waals surface area (Å²) in [5, 5.41) is 17.3. The van der Waals surface area contributed by atoms with Gasteiger partial charge in [-0.15, -0.1) is 11.3 Å². The van der Waals surface area contributed by atoms with Crippen molar-refractivity contribution in [2.24, 2.45) is 0 Å². The van der Waals surface area contributed by atoms with Crippen molar-refractivity contribution in [2.75, 3.05) is 5.32 Å². The first kappa shape index (κ1) is 27.5. The maximum absolute atomic E-state index is 14.9. The highest BCUT2D eigenvalue weighted by molar-refractivity contribution is 7.12. The number of carbonyl (C=O) groups excluding carboxylic acids is 1. The average Bonchev–Trinajstić information content (AvgIpc) is 3.58. The fourth-order valence-corrected chi connectivity index (χ4v) is 4.73. The van der Waals surface area contributed by atoms with Crippen molar-refractivity contribution in [1.29, 1.82) is 0 Å². The predicted octanol–water partition coefficient (Wildman–Crippen LogP) is 8.46. The van der Waals surface area contributed by atoms with Crippen LogP contribution in [0.1, 0.15) is 34.0 Å². The number of aromatic carboxylic acids is 1. The van der Waals surface area contributed by atoms with Crippen molar-refractivity contribution >= 4 is 29.1 Å². The molecule has 0 unspecified atom stereocenters. The van der Waals surface area contributed by atoms with Crippen LogP contribution in [0.3, 0.4) is 0 Å². The van der Waals surface area contributed by atoms with Crippen molar-refractivity contribution in [3.8, 4) is 33.9 Å². The molecule has 1 atom stereocenters. The van der Waals surface area contributed by atoms with Crippen LogP contribution in [0.15, 0.2) is 82.7 Å². The van der Waals surface area contributed by atoms with E-state index in [2.05, 4.69) is 10.5 Å². The average molecular weight is 577 g/mol. The van der Waals surface area contributed by atoms with E-state index in [1.807, 2.05) is 30.3 Å². The van der Waals surface area contributed by atoms with Gasteiger partial charge in [-0.05, 0) is 54.1 Å². The Kier molecular flexibility index (Phi) is 7.79. The minimum atomic E-state index is -1.26. The van der Waals surface area contributed by atoms with Gasteiger partial charge >= 0.3 is 12.1 Å². The molecule has 0 saturated heterocycles. The molecular weight excluding hydrogens is 554 g/mol. The lowest BCUT2D eigenvalue weighted by Gasteiger charge is -2.14. The van der Waals surface area contributed by atoms with Gasteiger partial charge < -0.3 is 19.1 Å². The first-order valence-electron chi connectivity index (χ1n) is 12.3. The molecule has 0 aliphatic rings. The summed E-state index contributed by atoms with van der Waals surface area (Å²) in [7, 11) is 0. The highest BCUT2D eigenvalue weighted by Gasteiger charge is 2.22. The summed E-state index contributed by atoms with van der Waals surface area (Å²) < 4.78 is 45.9. The maximum Gasteiger partial charge on any atom is 0.412 e. The maximum atomic E-state index is 14.9. The van der Waals surface area contributed by atoms with Gasteiger partial charge in [0.05, 0.1) is 0 Å². The number of carboxylic acids is 1. The van der Waals surface area contributed by atoms with Crippen molar-refractivity contribution in [3.63, 3.8) is 0 Å². The van der Waals surface area contributed by atoms with E-state index in [0.717, 1.165) is 29.0 Å². The number of thiophene rings is 1. The third-order valence-corrected chi connectivity index (χ3v) is 7.04. The Bertz CT molecular complexity index is 1690. The summed E-state index contributed by atoms with van der Waals surface area (Å²) in [6.07, 6.45) is -1.17. The summed E-state index contributed by atoms with van der Waals surface area (Å²) >= 11 is 0.883. The molecule has 0 spiro atoms. The van der Waals surface area contributed by atoms with E-state index >= 15 is 0 Å². The number of halogens is 2. The Balaban J connectivity index is 1.33. The van der Waals surface area contributed by atoms with Gasteiger partial charge in [0.15, 0.2) is 33.8 Å². The zero-order chi connectivity index (χ0) is 29.1. The number of nitrogens with one attached hydrogen (secondary N) is 1. The van der Waals surface area contributed by atoms with Crippen molar-refractivity contribution < 1.29 is 37.5 Å². The van der Waals surface area contributed by atoms with E-state index in [1.54, 1.807) is 38.1 Å². The fraction of sp³-hybridized carbons (Fsp3) is 0.100. The standard InChI is InChI=1S/C30H22F2N2O6S/c1-16-25(33-30(37)38-17(2)18-6-4-3-5-7-18)26(40-34-16)20-10-8-19(9-11-20)21-14-22(31)27(23(32)15-21)39-24-12-13-41-28(24)29(35)36/h3-15,17H,1-2H3,(H,33,37)(H,35,36)/t17-/m1/s1. The van der Waals surface area contributed by atoms with Crippen molar-refractivity contribution in [2.45, 2.75) is 20.0 Å². The van der Waals surface area contributed by atoms with Gasteiger partial charge in [-0.1, -0.05) is 59.8 Å². The number of benzene rings is 3. The van der Waals surface area contributed by atoms with Gasteiger partial charge in [0.2, 0.25) is 0 Å². The van der Waals surface area contributed by atoms with Crippen LogP contribution in [0.5, 0.6) is 11.5 Å². The molecule has 2 heterocycles. The quantitative estimate of drug-likeness (QED) is 0.191. The van der Waals surface area contributed by atoms with Gasteiger partial charge in [-0.25, -0.2) is 18.4 Å². The van der Waals surface area contributed by atoms with Crippen LogP contribution in [0.25, 0.3) is 22.5 Å². The smallest absolute Gasteiger partial charge is 0.412 e. The third-order valence-electron chi connectivity index (χ3n) is 6.16. The molecule has 5 aromatic rings. The van der Waals surface area contributed by atoms with Crippen LogP contribution in [0, 0.1) is 18.6 Å². The molecule has 0 aliphatic heterocycles. The third kappa shape index (κ3) is 5.94. The second-order valence-electron chi connectivity index (χ2n) is 8.92. The molecule has 8 nitrogen and oxygen atoms in total. The van der Waals surface area contributed by atoms with Gasteiger partial charge in [-0.2, -0.15) is 0 Å². The summed E-state index contributed by atoms with van der Waals surface area (Å²) in [6, 6.07) is 19.4. The lowest BCUT2D eigenvalue weighted by atomic mass is 10.0. The molecule has 41 heavy (non-hydrogen) atoms. The van der Waals surface area contributed by atoms with Crippen LogP contribution in [-0.2, 0) is 4.74 Å². The van der Waals surface area contributed by atoms with Crippen molar-refractivity contribution in [3.05, 3.63) is 106 Å². The molecule has 0 fully saturated rings. The Hall–Kier alpha value is -5.03. The number of carboxylic acid groups (broad SMARTS) is 1. The Morgan fingerprint density at radius 1 is 0.976 bits per heavy atom. The van der Waals surface area contributed by atoms with E-state index in [-0.39, 0.29) is 22.0 Å². The number of nitrogens with zero attached hydrogens (tertiary/aromatic N) is 1. The number of hydrogen-bond acceptors (Lipinski definition) is 7. The Morgan fingerprint density at radius 2 is 1.63 bits per heavy atom. The number of anilines is 1. The zero-order valence-corrected chi connectivity index (χ0v) is 22.5. The van der Waals surface area contributed by atoms with E-state index < -0.39 is 35.6 Å². The van der Waals surface area contributed by atoms with Gasteiger partial charge in [0.1, 0.15) is 17.5 Å². The number of amides is 1. The van der Waals surface area contributed by atoms with E-state index in [1.165, 1.54) is 11.4 Å². The number of aromatic nitrogens is 1. The molecule has 0 bridgehead atoms. The van der Waals surface area contributed by atoms with Gasteiger partial charge in [0.25, 0.3) is 0 Å². The first-order valence-corrected chi connectivity index (χ1v) is 13.2. The minimum absolute atomic E-state index is 0.150.